The van der Waals surface area contributed by atoms with Gasteiger partial charge in [0, 0.05) is 28.7 Å². The highest BCUT2D eigenvalue weighted by Gasteiger charge is 2.18. The van der Waals surface area contributed by atoms with Crippen LogP contribution in [-0.4, -0.2) is 22.4 Å². The van der Waals surface area contributed by atoms with Crippen LogP contribution in [0.3, 0.4) is 0 Å². The van der Waals surface area contributed by atoms with Crippen LogP contribution in [0.15, 0.2) is 58.8 Å². The number of hydrogen-bond donors (Lipinski definition) is 2. The van der Waals surface area contributed by atoms with Crippen molar-refractivity contribution in [1.29, 1.82) is 5.26 Å². The lowest BCUT2D eigenvalue weighted by molar-refractivity contribution is -0.122. The van der Waals surface area contributed by atoms with Crippen molar-refractivity contribution in [1.82, 2.24) is 15.2 Å². The van der Waals surface area contributed by atoms with Crippen molar-refractivity contribution >= 4 is 28.8 Å². The summed E-state index contributed by atoms with van der Waals surface area (Å²) in [7, 11) is 0. The quantitative estimate of drug-likeness (QED) is 0.322. The Bertz CT molecular complexity index is 1180. The molecule has 0 unspecified atom stereocenters. The molecule has 0 spiro atoms. The fourth-order valence-electron chi connectivity index (χ4n) is 4.32. The molecule has 1 fully saturated rings. The Kier molecular flexibility index (Phi) is 7.26. The summed E-state index contributed by atoms with van der Waals surface area (Å²) < 4.78 is 7.08. The van der Waals surface area contributed by atoms with Crippen LogP contribution in [0.2, 0.25) is 0 Å². The van der Waals surface area contributed by atoms with E-state index in [4.69, 9.17) is 4.42 Å². The number of nitrogens with one attached hydrogen (secondary N) is 2. The van der Waals surface area contributed by atoms with Gasteiger partial charge in [-0.05, 0) is 37.1 Å². The number of aromatic nitrogens is 1. The van der Waals surface area contributed by atoms with Gasteiger partial charge in [0.1, 0.15) is 23.9 Å². The molecule has 1 aromatic carbocycles. The van der Waals surface area contributed by atoms with Gasteiger partial charge in [0.2, 0.25) is 5.91 Å². The van der Waals surface area contributed by atoms with Gasteiger partial charge in [0.15, 0.2) is 0 Å². The Morgan fingerprint density at radius 1 is 1.12 bits per heavy atom. The first-order valence-electron chi connectivity index (χ1n) is 11.4. The maximum Gasteiger partial charge on any atom is 0.262 e. The predicted octanol–water partition coefficient (Wildman–Crippen LogP) is 4.30. The second-order valence-electron chi connectivity index (χ2n) is 8.42. The van der Waals surface area contributed by atoms with Crippen LogP contribution in [0.25, 0.3) is 17.0 Å². The lowest BCUT2D eigenvalue weighted by Gasteiger charge is -2.15. The minimum Gasteiger partial charge on any atom is -0.467 e. The molecule has 2 N–H and O–H groups in total. The lowest BCUT2D eigenvalue weighted by atomic mass is 10.1. The first kappa shape index (κ1) is 22.4. The number of nitrogens with zero attached hydrogens (tertiary/aromatic N) is 2. The van der Waals surface area contributed by atoms with Gasteiger partial charge in [-0.15, -0.1) is 0 Å². The number of carbonyl (C=O) groups excluding carboxylic acids is 2. The molecule has 1 saturated carbocycles. The minimum absolute atomic E-state index is 0.0735. The van der Waals surface area contributed by atoms with E-state index in [1.165, 1.54) is 12.8 Å². The van der Waals surface area contributed by atoms with Crippen LogP contribution in [0.5, 0.6) is 0 Å². The van der Waals surface area contributed by atoms with E-state index in [1.54, 1.807) is 24.5 Å². The zero-order valence-corrected chi connectivity index (χ0v) is 18.5. The molecule has 0 radical (unpaired) electrons. The van der Waals surface area contributed by atoms with Crippen LogP contribution in [0.1, 0.15) is 49.8 Å². The van der Waals surface area contributed by atoms with Crippen LogP contribution in [-0.2, 0) is 22.7 Å². The molecule has 3 aromatic rings. The van der Waals surface area contributed by atoms with E-state index in [1.807, 2.05) is 35.0 Å². The molecule has 1 aliphatic rings. The Balaban J connectivity index is 1.51. The van der Waals surface area contributed by atoms with E-state index in [2.05, 4.69) is 16.7 Å². The summed E-state index contributed by atoms with van der Waals surface area (Å²) in [5.74, 6) is 0.189. The van der Waals surface area contributed by atoms with E-state index in [0.717, 1.165) is 42.1 Å². The Morgan fingerprint density at radius 2 is 1.91 bits per heavy atom. The summed E-state index contributed by atoms with van der Waals surface area (Å²) in [6, 6.07) is 13.4. The van der Waals surface area contributed by atoms with Crippen molar-refractivity contribution in [2.75, 3.05) is 0 Å². The van der Waals surface area contributed by atoms with Crippen LogP contribution < -0.4 is 10.6 Å². The second kappa shape index (κ2) is 10.7. The standard InChI is InChI=1S/C26H28N4O3/c27-15-19(26(32)29-21-8-3-1-2-4-9-21)14-20-17-30(24-12-6-5-11-23(20)24)18-25(31)28-16-22-10-7-13-33-22/h5-7,10-14,17,21H,1-4,8-9,16,18H2,(H,28,31)(H,29,32). The van der Waals surface area contributed by atoms with Gasteiger partial charge in [-0.3, -0.25) is 9.59 Å². The molecule has 7 heteroatoms. The molecule has 0 atom stereocenters. The molecule has 170 valence electrons. The van der Waals surface area contributed by atoms with Crippen molar-refractivity contribution in [2.45, 2.75) is 57.7 Å². The van der Waals surface area contributed by atoms with E-state index in [9.17, 15) is 14.9 Å². The number of carbonyl (C=O) groups is 2. The van der Waals surface area contributed by atoms with Gasteiger partial charge >= 0.3 is 0 Å². The van der Waals surface area contributed by atoms with Crippen LogP contribution >= 0.6 is 0 Å². The summed E-state index contributed by atoms with van der Waals surface area (Å²) in [6.07, 6.45) is 11.5. The number of hydrogen-bond acceptors (Lipinski definition) is 4. The highest BCUT2D eigenvalue weighted by molar-refractivity contribution is 6.04. The number of para-hydroxylation sites is 1. The number of benzene rings is 1. The summed E-state index contributed by atoms with van der Waals surface area (Å²) in [4.78, 5) is 25.3. The second-order valence-corrected chi connectivity index (χ2v) is 8.42. The van der Waals surface area contributed by atoms with E-state index in [0.29, 0.717) is 12.3 Å². The third-order valence-electron chi connectivity index (χ3n) is 6.03. The van der Waals surface area contributed by atoms with Crippen molar-refractivity contribution in [3.05, 3.63) is 65.8 Å². The zero-order valence-electron chi connectivity index (χ0n) is 18.5. The summed E-state index contributed by atoms with van der Waals surface area (Å²) in [5.41, 5.74) is 1.67. The molecule has 1 aliphatic carbocycles. The summed E-state index contributed by atoms with van der Waals surface area (Å²) in [5, 5.41) is 16.4. The first-order chi connectivity index (χ1) is 16.1. The molecule has 4 rings (SSSR count). The smallest absolute Gasteiger partial charge is 0.262 e. The Hall–Kier alpha value is -3.79. The first-order valence-corrected chi connectivity index (χ1v) is 11.4. The molecule has 0 aliphatic heterocycles. The molecule has 2 amide bonds. The number of furan rings is 1. The monoisotopic (exact) mass is 444 g/mol. The van der Waals surface area contributed by atoms with E-state index in [-0.39, 0.29) is 30.0 Å². The Labute approximate surface area is 193 Å². The van der Waals surface area contributed by atoms with E-state index >= 15 is 0 Å². The topological polar surface area (TPSA) is 100 Å². The highest BCUT2D eigenvalue weighted by atomic mass is 16.3. The van der Waals surface area contributed by atoms with Crippen LogP contribution in [0, 0.1) is 11.3 Å². The molecular weight excluding hydrogens is 416 g/mol. The fourth-order valence-corrected chi connectivity index (χ4v) is 4.32. The average Bonchev–Trinajstić information content (AvgIpc) is 3.38. The predicted molar refractivity (Wildman–Crippen MR) is 126 cm³/mol. The maximum atomic E-state index is 12.8. The van der Waals surface area contributed by atoms with Gasteiger partial charge in [-0.1, -0.05) is 43.9 Å². The molecule has 0 saturated heterocycles. The SMILES string of the molecule is N#CC(=Cc1cn(CC(=O)NCc2ccco2)c2ccccc12)C(=O)NC1CCCCCC1. The molecule has 2 heterocycles. The van der Waals surface area contributed by atoms with Crippen molar-refractivity contribution < 1.29 is 14.0 Å². The van der Waals surface area contributed by atoms with Gasteiger partial charge in [0.25, 0.3) is 5.91 Å². The number of nitriles is 1. The molecule has 0 bridgehead atoms. The van der Waals surface area contributed by atoms with Gasteiger partial charge in [-0.25, -0.2) is 0 Å². The Morgan fingerprint density at radius 3 is 2.64 bits per heavy atom. The minimum atomic E-state index is -0.336. The number of rotatable bonds is 7. The van der Waals surface area contributed by atoms with Gasteiger partial charge in [0.05, 0.1) is 12.8 Å². The van der Waals surface area contributed by atoms with E-state index < -0.39 is 0 Å². The summed E-state index contributed by atoms with van der Waals surface area (Å²) >= 11 is 0. The molecule has 7 nitrogen and oxygen atoms in total. The third kappa shape index (κ3) is 5.72. The largest absolute Gasteiger partial charge is 0.467 e. The van der Waals surface area contributed by atoms with Gasteiger partial charge in [-0.2, -0.15) is 5.26 Å². The molecule has 33 heavy (non-hydrogen) atoms. The number of amides is 2. The van der Waals surface area contributed by atoms with Crippen molar-refractivity contribution in [2.24, 2.45) is 0 Å². The third-order valence-corrected chi connectivity index (χ3v) is 6.03. The van der Waals surface area contributed by atoms with Crippen molar-refractivity contribution in [3.63, 3.8) is 0 Å². The number of fused-ring (bicyclic) bond motifs is 1. The van der Waals surface area contributed by atoms with Crippen molar-refractivity contribution in [3.8, 4) is 6.07 Å². The summed E-state index contributed by atoms with van der Waals surface area (Å²) in [6.45, 7) is 0.433. The van der Waals surface area contributed by atoms with Gasteiger partial charge < -0.3 is 19.6 Å². The molecule has 2 aromatic heterocycles. The highest BCUT2D eigenvalue weighted by Crippen LogP contribution is 2.24. The molecular formula is C26H28N4O3. The average molecular weight is 445 g/mol. The fraction of sp³-hybridized carbons (Fsp3) is 0.346. The normalized spacial score (nSPS) is 15.1. The zero-order chi connectivity index (χ0) is 23.0. The van der Waals surface area contributed by atoms with Crippen LogP contribution in [0.4, 0.5) is 0 Å². The maximum absolute atomic E-state index is 12.8. The lowest BCUT2D eigenvalue weighted by Crippen LogP contribution is -2.35.